The van der Waals surface area contributed by atoms with Crippen molar-refractivity contribution in [3.05, 3.63) is 66.7 Å². The van der Waals surface area contributed by atoms with E-state index in [2.05, 4.69) is 17.2 Å². The minimum Gasteiger partial charge on any atom is -0.491 e. The molecule has 0 bridgehead atoms. The fraction of sp³-hybridized carbons (Fsp3) is 0.292. The number of ether oxygens (including phenoxy) is 1. The Kier molecular flexibility index (Phi) is 7.07. The number of para-hydroxylation sites is 1. The Morgan fingerprint density at radius 1 is 1.19 bits per heavy atom. The molecular formula is C24H27N3O4. The van der Waals surface area contributed by atoms with Gasteiger partial charge in [0.25, 0.3) is 5.91 Å². The van der Waals surface area contributed by atoms with E-state index in [4.69, 9.17) is 4.74 Å². The van der Waals surface area contributed by atoms with E-state index < -0.39 is 5.92 Å². The number of hydrogen-bond acceptors (Lipinski definition) is 4. The summed E-state index contributed by atoms with van der Waals surface area (Å²) >= 11 is 0. The van der Waals surface area contributed by atoms with E-state index in [9.17, 15) is 14.4 Å². The van der Waals surface area contributed by atoms with Crippen molar-refractivity contribution in [2.45, 2.75) is 26.4 Å². The quantitative estimate of drug-likeness (QED) is 0.640. The first kappa shape index (κ1) is 22.1. The molecule has 2 N–H and O–H groups in total. The van der Waals surface area contributed by atoms with Gasteiger partial charge in [0.1, 0.15) is 5.75 Å². The van der Waals surface area contributed by atoms with Crippen molar-refractivity contribution in [3.8, 4) is 5.75 Å². The zero-order valence-electron chi connectivity index (χ0n) is 17.8. The molecule has 1 unspecified atom stereocenters. The summed E-state index contributed by atoms with van der Waals surface area (Å²) in [6.07, 6.45) is 1.76. The van der Waals surface area contributed by atoms with Gasteiger partial charge in [-0.3, -0.25) is 14.4 Å². The molecule has 0 saturated carbocycles. The van der Waals surface area contributed by atoms with E-state index in [1.165, 1.54) is 0 Å². The molecule has 7 heteroatoms. The first-order valence-electron chi connectivity index (χ1n) is 10.2. The van der Waals surface area contributed by atoms with Gasteiger partial charge < -0.3 is 20.3 Å². The first-order chi connectivity index (χ1) is 14.9. The number of hydrogen-bond donors (Lipinski definition) is 2. The molecule has 1 saturated heterocycles. The largest absolute Gasteiger partial charge is 0.491 e. The summed E-state index contributed by atoms with van der Waals surface area (Å²) in [5, 5.41) is 5.51. The average Bonchev–Trinajstić information content (AvgIpc) is 3.14. The summed E-state index contributed by atoms with van der Waals surface area (Å²) in [7, 11) is 0. The molecule has 3 amide bonds. The summed E-state index contributed by atoms with van der Waals surface area (Å²) in [4.78, 5) is 39.3. The van der Waals surface area contributed by atoms with E-state index >= 15 is 0 Å². The number of benzene rings is 2. The lowest BCUT2D eigenvalue weighted by Gasteiger charge is -2.18. The molecule has 162 valence electrons. The molecule has 0 radical (unpaired) electrons. The van der Waals surface area contributed by atoms with Crippen LogP contribution in [0, 0.1) is 5.92 Å². The fourth-order valence-electron chi connectivity index (χ4n) is 3.39. The molecule has 1 heterocycles. The summed E-state index contributed by atoms with van der Waals surface area (Å²) in [5.41, 5.74) is 1.50. The zero-order valence-corrected chi connectivity index (χ0v) is 17.8. The highest BCUT2D eigenvalue weighted by Crippen LogP contribution is 2.28. The van der Waals surface area contributed by atoms with Gasteiger partial charge in [0.05, 0.1) is 23.3 Å². The molecule has 31 heavy (non-hydrogen) atoms. The number of carbonyl (C=O) groups excluding carboxylic acids is 3. The summed E-state index contributed by atoms with van der Waals surface area (Å²) < 4.78 is 5.63. The molecule has 1 aliphatic heterocycles. The Morgan fingerprint density at radius 2 is 1.90 bits per heavy atom. The van der Waals surface area contributed by atoms with Crippen molar-refractivity contribution in [1.29, 1.82) is 0 Å². The van der Waals surface area contributed by atoms with E-state index in [-0.39, 0.29) is 36.8 Å². The molecule has 0 aliphatic carbocycles. The molecule has 2 aromatic rings. The molecule has 0 spiro atoms. The van der Waals surface area contributed by atoms with Crippen LogP contribution in [0.15, 0.2) is 61.2 Å². The molecule has 1 aliphatic rings. The van der Waals surface area contributed by atoms with Crippen LogP contribution in [-0.4, -0.2) is 36.9 Å². The number of amides is 3. The van der Waals surface area contributed by atoms with Crippen molar-refractivity contribution in [2.24, 2.45) is 5.92 Å². The Morgan fingerprint density at radius 3 is 2.58 bits per heavy atom. The molecule has 2 aromatic carbocycles. The normalized spacial score (nSPS) is 15.6. The second-order valence-electron chi connectivity index (χ2n) is 7.60. The van der Waals surface area contributed by atoms with E-state index in [1.54, 1.807) is 35.2 Å². The van der Waals surface area contributed by atoms with Crippen LogP contribution in [0.5, 0.6) is 5.75 Å². The summed E-state index contributed by atoms with van der Waals surface area (Å²) in [6.45, 7) is 8.08. The van der Waals surface area contributed by atoms with Crippen molar-refractivity contribution < 1.29 is 19.1 Å². The fourth-order valence-corrected chi connectivity index (χ4v) is 3.39. The van der Waals surface area contributed by atoms with Gasteiger partial charge in [-0.1, -0.05) is 18.2 Å². The van der Waals surface area contributed by atoms with Gasteiger partial charge in [-0.15, -0.1) is 6.58 Å². The summed E-state index contributed by atoms with van der Waals surface area (Å²) in [6, 6.07) is 14.0. The zero-order chi connectivity index (χ0) is 22.4. The van der Waals surface area contributed by atoms with Crippen LogP contribution in [0.2, 0.25) is 0 Å². The third-order valence-electron chi connectivity index (χ3n) is 4.85. The van der Waals surface area contributed by atoms with Gasteiger partial charge in [-0.25, -0.2) is 0 Å². The maximum atomic E-state index is 12.8. The molecule has 1 atom stereocenters. The van der Waals surface area contributed by atoms with Crippen molar-refractivity contribution >= 4 is 29.1 Å². The monoisotopic (exact) mass is 421 g/mol. The minimum atomic E-state index is -0.511. The van der Waals surface area contributed by atoms with Gasteiger partial charge in [-0.05, 0) is 50.2 Å². The van der Waals surface area contributed by atoms with Crippen molar-refractivity contribution in [1.82, 2.24) is 5.32 Å². The Balaban J connectivity index is 1.67. The Labute approximate surface area is 182 Å². The second kappa shape index (κ2) is 9.93. The number of nitrogens with one attached hydrogen (secondary N) is 2. The number of nitrogens with zero attached hydrogens (tertiary/aromatic N) is 1. The third-order valence-corrected chi connectivity index (χ3v) is 4.85. The first-order valence-corrected chi connectivity index (χ1v) is 10.2. The lowest BCUT2D eigenvalue weighted by Crippen LogP contribution is -2.29. The van der Waals surface area contributed by atoms with Crippen molar-refractivity contribution in [2.75, 3.05) is 23.3 Å². The van der Waals surface area contributed by atoms with Gasteiger partial charge in [0, 0.05) is 25.2 Å². The average molecular weight is 421 g/mol. The Hall–Kier alpha value is -3.61. The molecular weight excluding hydrogens is 394 g/mol. The maximum Gasteiger partial charge on any atom is 0.253 e. The summed E-state index contributed by atoms with van der Waals surface area (Å²) in [5.74, 6) is -0.493. The molecule has 3 rings (SSSR count). The predicted molar refractivity (Wildman–Crippen MR) is 120 cm³/mol. The van der Waals surface area contributed by atoms with Gasteiger partial charge in [0.15, 0.2) is 0 Å². The third kappa shape index (κ3) is 5.51. The predicted octanol–water partition coefficient (Wildman–Crippen LogP) is 3.38. The van der Waals surface area contributed by atoms with Crippen LogP contribution >= 0.6 is 0 Å². The van der Waals surface area contributed by atoms with Crippen LogP contribution in [0.1, 0.15) is 30.6 Å². The molecule has 0 aromatic heterocycles. The van der Waals surface area contributed by atoms with Crippen LogP contribution in [0.3, 0.4) is 0 Å². The topological polar surface area (TPSA) is 87.7 Å². The standard InChI is InChI=1S/C24H27N3O4/c1-4-13-25-24(30)20-7-5-6-8-21(20)26-23(29)17-14-22(28)27(15-17)18-9-11-19(12-10-18)31-16(2)3/h4-12,16-17H,1,13-15H2,2-3H3,(H,25,30)(H,26,29). The highest BCUT2D eigenvalue weighted by Gasteiger charge is 2.35. The number of rotatable bonds is 8. The van der Waals surface area contributed by atoms with Gasteiger partial charge >= 0.3 is 0 Å². The molecule has 7 nitrogen and oxygen atoms in total. The van der Waals surface area contributed by atoms with Crippen LogP contribution < -0.4 is 20.3 Å². The maximum absolute atomic E-state index is 12.8. The van der Waals surface area contributed by atoms with Crippen LogP contribution in [-0.2, 0) is 9.59 Å². The van der Waals surface area contributed by atoms with Gasteiger partial charge in [0.2, 0.25) is 11.8 Å². The van der Waals surface area contributed by atoms with E-state index in [1.807, 2.05) is 38.1 Å². The lowest BCUT2D eigenvalue weighted by molar-refractivity contribution is -0.122. The van der Waals surface area contributed by atoms with E-state index in [0.29, 0.717) is 17.8 Å². The second-order valence-corrected chi connectivity index (χ2v) is 7.60. The van der Waals surface area contributed by atoms with Crippen molar-refractivity contribution in [3.63, 3.8) is 0 Å². The molecule has 1 fully saturated rings. The number of carbonyl (C=O) groups is 3. The smallest absolute Gasteiger partial charge is 0.253 e. The van der Waals surface area contributed by atoms with E-state index in [0.717, 1.165) is 11.4 Å². The Bertz CT molecular complexity index is 969. The number of anilines is 2. The van der Waals surface area contributed by atoms with Crippen LogP contribution in [0.4, 0.5) is 11.4 Å². The highest BCUT2D eigenvalue weighted by atomic mass is 16.5. The van der Waals surface area contributed by atoms with Gasteiger partial charge in [-0.2, -0.15) is 0 Å². The SMILES string of the molecule is C=CCNC(=O)c1ccccc1NC(=O)C1CC(=O)N(c2ccc(OC(C)C)cc2)C1. The van der Waals surface area contributed by atoms with Crippen LogP contribution in [0.25, 0.3) is 0 Å². The highest BCUT2D eigenvalue weighted by molar-refractivity contribution is 6.07. The minimum absolute atomic E-state index is 0.0640. The lowest BCUT2D eigenvalue weighted by atomic mass is 10.1.